The Balaban J connectivity index is 1.97. The molecule has 4 heteroatoms. The van der Waals surface area contributed by atoms with Gasteiger partial charge in [-0.2, -0.15) is 0 Å². The van der Waals surface area contributed by atoms with Gasteiger partial charge in [-0.3, -0.25) is 9.88 Å². The molecule has 2 aromatic rings. The molecule has 0 unspecified atom stereocenters. The summed E-state index contributed by atoms with van der Waals surface area (Å²) in [5.41, 5.74) is 2.34. The Bertz CT molecular complexity index is 536. The largest absolute Gasteiger partial charge is 0.298 e. The van der Waals surface area contributed by atoms with Gasteiger partial charge in [0.25, 0.3) is 0 Å². The van der Waals surface area contributed by atoms with Gasteiger partial charge in [0.15, 0.2) is 0 Å². The van der Waals surface area contributed by atoms with Crippen LogP contribution in [-0.2, 0) is 12.8 Å². The van der Waals surface area contributed by atoms with Crippen molar-refractivity contribution in [3.05, 3.63) is 45.7 Å². The second-order valence-electron chi connectivity index (χ2n) is 5.14. The van der Waals surface area contributed by atoms with E-state index < -0.39 is 0 Å². The van der Waals surface area contributed by atoms with E-state index in [-0.39, 0.29) is 0 Å². The average Bonchev–Trinajstić information content (AvgIpc) is 2.86. The molecule has 2 aromatic heterocycles. The van der Waals surface area contributed by atoms with Crippen LogP contribution in [0.4, 0.5) is 0 Å². The highest BCUT2D eigenvalue weighted by Crippen LogP contribution is 2.28. The lowest BCUT2D eigenvalue weighted by atomic mass is 10.2. The predicted octanol–water partition coefficient (Wildman–Crippen LogP) is 3.64. The SMILES string of the molecule is CCc1nc(C)c([C@H](C)N(C)CCc2ccccn2)s1. The van der Waals surface area contributed by atoms with Crippen molar-refractivity contribution < 1.29 is 0 Å². The molecular weight excluding hydrogens is 266 g/mol. The van der Waals surface area contributed by atoms with Crippen molar-refractivity contribution in [3.8, 4) is 0 Å². The highest BCUT2D eigenvalue weighted by Gasteiger charge is 2.17. The summed E-state index contributed by atoms with van der Waals surface area (Å²) in [5, 5.41) is 1.24. The Morgan fingerprint density at radius 1 is 1.35 bits per heavy atom. The first kappa shape index (κ1) is 15.1. The number of hydrogen-bond donors (Lipinski definition) is 0. The van der Waals surface area contributed by atoms with E-state index >= 15 is 0 Å². The molecule has 108 valence electrons. The monoisotopic (exact) mass is 289 g/mol. The highest BCUT2D eigenvalue weighted by molar-refractivity contribution is 7.11. The van der Waals surface area contributed by atoms with Gasteiger partial charge in [-0.15, -0.1) is 11.3 Å². The first-order valence-electron chi connectivity index (χ1n) is 7.18. The van der Waals surface area contributed by atoms with Gasteiger partial charge in [0.1, 0.15) is 0 Å². The molecule has 0 fully saturated rings. The average molecular weight is 289 g/mol. The summed E-state index contributed by atoms with van der Waals surface area (Å²) in [6.07, 6.45) is 3.87. The van der Waals surface area contributed by atoms with Gasteiger partial charge in [-0.25, -0.2) is 4.98 Å². The van der Waals surface area contributed by atoms with E-state index in [2.05, 4.69) is 48.8 Å². The van der Waals surface area contributed by atoms with Gasteiger partial charge in [-0.05, 0) is 39.4 Å². The van der Waals surface area contributed by atoms with Crippen LogP contribution in [0.2, 0.25) is 0 Å². The van der Waals surface area contributed by atoms with Gasteiger partial charge in [0, 0.05) is 35.8 Å². The Morgan fingerprint density at radius 3 is 2.75 bits per heavy atom. The quantitative estimate of drug-likeness (QED) is 0.813. The maximum absolute atomic E-state index is 4.63. The summed E-state index contributed by atoms with van der Waals surface area (Å²) in [5.74, 6) is 0. The second kappa shape index (κ2) is 6.95. The molecule has 1 atom stereocenters. The summed E-state index contributed by atoms with van der Waals surface area (Å²) in [6, 6.07) is 6.51. The molecule has 0 aliphatic rings. The Labute approximate surface area is 125 Å². The van der Waals surface area contributed by atoms with Crippen LogP contribution in [0.1, 0.15) is 41.2 Å². The molecule has 0 aromatic carbocycles. The van der Waals surface area contributed by atoms with Crippen LogP contribution >= 0.6 is 11.3 Å². The zero-order valence-electron chi connectivity index (χ0n) is 12.8. The van der Waals surface area contributed by atoms with Crippen LogP contribution in [0.3, 0.4) is 0 Å². The van der Waals surface area contributed by atoms with Crippen LogP contribution in [-0.4, -0.2) is 28.5 Å². The van der Waals surface area contributed by atoms with Crippen molar-refractivity contribution in [1.82, 2.24) is 14.9 Å². The second-order valence-corrected chi connectivity index (χ2v) is 6.25. The van der Waals surface area contributed by atoms with E-state index in [1.807, 2.05) is 29.7 Å². The zero-order valence-corrected chi connectivity index (χ0v) is 13.6. The van der Waals surface area contributed by atoms with Crippen LogP contribution in [0, 0.1) is 6.92 Å². The van der Waals surface area contributed by atoms with E-state index in [0.29, 0.717) is 6.04 Å². The summed E-state index contributed by atoms with van der Waals surface area (Å²) in [7, 11) is 2.18. The molecule has 0 radical (unpaired) electrons. The predicted molar refractivity (Wildman–Crippen MR) is 85.2 cm³/mol. The first-order chi connectivity index (χ1) is 9.61. The number of likely N-dealkylation sites (N-methyl/N-ethyl adjacent to an activating group) is 1. The van der Waals surface area contributed by atoms with Gasteiger partial charge >= 0.3 is 0 Å². The van der Waals surface area contributed by atoms with Crippen molar-refractivity contribution in [2.24, 2.45) is 0 Å². The molecule has 0 saturated heterocycles. The lowest BCUT2D eigenvalue weighted by Crippen LogP contribution is -2.25. The normalized spacial score (nSPS) is 12.8. The minimum atomic E-state index is 0.413. The van der Waals surface area contributed by atoms with Crippen molar-refractivity contribution in [2.75, 3.05) is 13.6 Å². The fraction of sp³-hybridized carbons (Fsp3) is 0.500. The first-order valence-corrected chi connectivity index (χ1v) is 7.99. The van der Waals surface area contributed by atoms with Gasteiger partial charge in [0.05, 0.1) is 10.7 Å². The van der Waals surface area contributed by atoms with Gasteiger partial charge < -0.3 is 0 Å². The third kappa shape index (κ3) is 3.64. The number of nitrogens with zero attached hydrogens (tertiary/aromatic N) is 3. The highest BCUT2D eigenvalue weighted by atomic mass is 32.1. The van der Waals surface area contributed by atoms with E-state index in [4.69, 9.17) is 0 Å². The molecule has 2 rings (SSSR count). The van der Waals surface area contributed by atoms with Crippen molar-refractivity contribution in [3.63, 3.8) is 0 Å². The Kier molecular flexibility index (Phi) is 5.26. The molecule has 20 heavy (non-hydrogen) atoms. The molecule has 0 N–H and O–H groups in total. The van der Waals surface area contributed by atoms with Crippen molar-refractivity contribution >= 4 is 11.3 Å². The summed E-state index contributed by atoms with van der Waals surface area (Å²) < 4.78 is 0. The van der Waals surface area contributed by atoms with E-state index in [0.717, 1.165) is 25.1 Å². The minimum absolute atomic E-state index is 0.413. The molecule has 3 nitrogen and oxygen atoms in total. The third-order valence-electron chi connectivity index (χ3n) is 3.67. The molecule has 2 heterocycles. The van der Waals surface area contributed by atoms with Crippen LogP contribution in [0.15, 0.2) is 24.4 Å². The Hall–Kier alpha value is -1.26. The maximum Gasteiger partial charge on any atom is 0.0928 e. The van der Waals surface area contributed by atoms with Gasteiger partial charge in [0.2, 0.25) is 0 Å². The molecule has 0 spiro atoms. The van der Waals surface area contributed by atoms with Crippen molar-refractivity contribution in [1.29, 1.82) is 0 Å². The summed E-state index contributed by atoms with van der Waals surface area (Å²) >= 11 is 1.85. The smallest absolute Gasteiger partial charge is 0.0928 e. The number of hydrogen-bond acceptors (Lipinski definition) is 4. The number of aromatic nitrogens is 2. The number of pyridine rings is 1. The van der Waals surface area contributed by atoms with E-state index in [9.17, 15) is 0 Å². The molecule has 0 aliphatic carbocycles. The minimum Gasteiger partial charge on any atom is -0.298 e. The number of thiazole rings is 1. The van der Waals surface area contributed by atoms with Crippen LogP contribution in [0.5, 0.6) is 0 Å². The maximum atomic E-state index is 4.63. The summed E-state index contributed by atoms with van der Waals surface area (Å²) in [6.45, 7) is 7.56. The third-order valence-corrected chi connectivity index (χ3v) is 5.14. The summed E-state index contributed by atoms with van der Waals surface area (Å²) in [4.78, 5) is 12.8. The van der Waals surface area contributed by atoms with Crippen LogP contribution < -0.4 is 0 Å². The standard InChI is InChI=1S/C16H23N3S/c1-5-15-18-12(2)16(20-15)13(3)19(4)11-9-14-8-6-7-10-17-14/h6-8,10,13H,5,9,11H2,1-4H3/t13-/m0/s1. The van der Waals surface area contributed by atoms with Crippen LogP contribution in [0.25, 0.3) is 0 Å². The molecule has 0 amide bonds. The number of rotatable bonds is 6. The molecule has 0 bridgehead atoms. The Morgan fingerprint density at radius 2 is 2.15 bits per heavy atom. The number of aryl methyl sites for hydroxylation is 2. The fourth-order valence-corrected chi connectivity index (χ4v) is 3.36. The van der Waals surface area contributed by atoms with Gasteiger partial charge in [-0.1, -0.05) is 13.0 Å². The lowest BCUT2D eigenvalue weighted by molar-refractivity contribution is 0.266. The zero-order chi connectivity index (χ0) is 14.5. The fourth-order valence-electron chi connectivity index (χ4n) is 2.24. The topological polar surface area (TPSA) is 29.0 Å². The van der Waals surface area contributed by atoms with Crippen molar-refractivity contribution in [2.45, 2.75) is 39.7 Å². The van der Waals surface area contributed by atoms with E-state index in [1.54, 1.807) is 0 Å². The molecule has 0 aliphatic heterocycles. The lowest BCUT2D eigenvalue weighted by Gasteiger charge is -2.24. The molecule has 0 saturated carbocycles. The van der Waals surface area contributed by atoms with E-state index in [1.165, 1.54) is 15.6 Å². The molecular formula is C16H23N3S.